The molecule has 0 saturated carbocycles. The number of primary amides is 1. The Morgan fingerprint density at radius 3 is 2.52 bits per heavy atom. The lowest BCUT2D eigenvalue weighted by Gasteiger charge is -2.29. The van der Waals surface area contributed by atoms with Crippen molar-refractivity contribution in [3.63, 3.8) is 0 Å². The quantitative estimate of drug-likeness (QED) is 0.749. The van der Waals surface area contributed by atoms with E-state index < -0.39 is 0 Å². The van der Waals surface area contributed by atoms with Crippen LogP contribution < -0.4 is 5.73 Å². The largest absolute Gasteiger partial charge is 0.366 e. The van der Waals surface area contributed by atoms with Crippen molar-refractivity contribution in [3.8, 4) is 11.1 Å². The maximum atomic E-state index is 11.4. The molecule has 1 aliphatic rings. The molecule has 3 heteroatoms. The molecule has 0 bridgehead atoms. The number of carbonyl (C=O) groups is 1. The van der Waals surface area contributed by atoms with E-state index in [1.165, 1.54) is 16.7 Å². The first kappa shape index (κ1) is 17.5. The molecule has 0 saturated heterocycles. The van der Waals surface area contributed by atoms with Gasteiger partial charge in [0.05, 0.1) is 0 Å². The molecule has 0 unspecified atom stereocenters. The molecule has 3 aromatic carbocycles. The van der Waals surface area contributed by atoms with Gasteiger partial charge in [-0.25, -0.2) is 0 Å². The number of hydrogen-bond acceptors (Lipinski definition) is 2. The predicted octanol–water partition coefficient (Wildman–Crippen LogP) is 4.05. The molecular formula is C24H24N2O. The molecule has 136 valence electrons. The Hall–Kier alpha value is -2.91. The van der Waals surface area contributed by atoms with Crippen LogP contribution in [0.1, 0.15) is 27.0 Å². The van der Waals surface area contributed by atoms with Gasteiger partial charge >= 0.3 is 0 Å². The van der Waals surface area contributed by atoms with Gasteiger partial charge in [0.2, 0.25) is 5.91 Å². The first-order valence-electron chi connectivity index (χ1n) is 9.47. The fraction of sp³-hybridized carbons (Fsp3) is 0.208. The summed E-state index contributed by atoms with van der Waals surface area (Å²) in [4.78, 5) is 14.0. The minimum Gasteiger partial charge on any atom is -0.366 e. The molecule has 1 amide bonds. The summed E-state index contributed by atoms with van der Waals surface area (Å²) in [5.74, 6) is -0.385. The van der Waals surface area contributed by atoms with Crippen LogP contribution in [0.3, 0.4) is 0 Å². The zero-order valence-corrected chi connectivity index (χ0v) is 15.4. The van der Waals surface area contributed by atoms with Crippen LogP contribution in [0.2, 0.25) is 0 Å². The van der Waals surface area contributed by atoms with Gasteiger partial charge in [0.25, 0.3) is 0 Å². The summed E-state index contributed by atoms with van der Waals surface area (Å²) in [6, 6.07) is 24.9. The van der Waals surface area contributed by atoms with Crippen LogP contribution in [-0.2, 0) is 19.4 Å². The van der Waals surface area contributed by atoms with Gasteiger partial charge in [0, 0.05) is 25.2 Å². The molecule has 3 aromatic rings. The Kier molecular flexibility index (Phi) is 5.03. The summed E-state index contributed by atoms with van der Waals surface area (Å²) in [5.41, 5.74) is 12.4. The summed E-state index contributed by atoms with van der Waals surface area (Å²) in [5, 5.41) is 0. The molecule has 0 atom stereocenters. The highest BCUT2D eigenvalue weighted by Gasteiger charge is 2.16. The Balaban J connectivity index is 1.47. The van der Waals surface area contributed by atoms with Crippen molar-refractivity contribution < 1.29 is 4.79 Å². The third kappa shape index (κ3) is 4.09. The molecule has 27 heavy (non-hydrogen) atoms. The lowest BCUT2D eigenvalue weighted by atomic mass is 9.94. The standard InChI is InChI=1S/C24H24N2O/c25-24(27)22-8-4-7-19(16-22)20-9-10-23-17-26(14-12-21(23)15-20)13-11-18-5-2-1-3-6-18/h1-10,15-16H,11-14,17H2,(H2,25,27). The predicted molar refractivity (Wildman–Crippen MR) is 110 cm³/mol. The molecule has 3 nitrogen and oxygen atoms in total. The molecular weight excluding hydrogens is 332 g/mol. The van der Waals surface area contributed by atoms with Crippen LogP contribution in [0.4, 0.5) is 0 Å². The van der Waals surface area contributed by atoms with Gasteiger partial charge in [0.15, 0.2) is 0 Å². The minimum atomic E-state index is -0.385. The van der Waals surface area contributed by atoms with Gasteiger partial charge in [-0.3, -0.25) is 9.69 Å². The number of nitrogens with two attached hydrogens (primary N) is 1. The molecule has 0 spiro atoms. The zero-order valence-electron chi connectivity index (χ0n) is 15.4. The summed E-state index contributed by atoms with van der Waals surface area (Å²) >= 11 is 0. The van der Waals surface area contributed by atoms with Gasteiger partial charge in [-0.1, -0.05) is 60.7 Å². The van der Waals surface area contributed by atoms with Crippen molar-refractivity contribution in [2.45, 2.75) is 19.4 Å². The summed E-state index contributed by atoms with van der Waals surface area (Å²) < 4.78 is 0. The van der Waals surface area contributed by atoms with E-state index in [-0.39, 0.29) is 5.91 Å². The molecule has 1 heterocycles. The second kappa shape index (κ2) is 7.77. The molecule has 0 fully saturated rings. The third-order valence-corrected chi connectivity index (χ3v) is 5.34. The van der Waals surface area contributed by atoms with Crippen LogP contribution in [0.15, 0.2) is 72.8 Å². The van der Waals surface area contributed by atoms with E-state index >= 15 is 0 Å². The molecule has 0 aromatic heterocycles. The molecule has 1 aliphatic heterocycles. The highest BCUT2D eigenvalue weighted by Crippen LogP contribution is 2.27. The first-order chi connectivity index (χ1) is 13.2. The normalized spacial score (nSPS) is 13.9. The first-order valence-corrected chi connectivity index (χ1v) is 9.47. The molecule has 2 N–H and O–H groups in total. The van der Waals surface area contributed by atoms with E-state index in [0.29, 0.717) is 5.56 Å². The Morgan fingerprint density at radius 1 is 0.889 bits per heavy atom. The van der Waals surface area contributed by atoms with E-state index in [1.807, 2.05) is 18.2 Å². The minimum absolute atomic E-state index is 0.385. The third-order valence-electron chi connectivity index (χ3n) is 5.34. The Labute approximate surface area is 160 Å². The maximum Gasteiger partial charge on any atom is 0.248 e. The highest BCUT2D eigenvalue weighted by atomic mass is 16.1. The molecule has 0 radical (unpaired) electrons. The van der Waals surface area contributed by atoms with Crippen molar-refractivity contribution in [2.24, 2.45) is 5.73 Å². The number of nitrogens with zero attached hydrogens (tertiary/aromatic N) is 1. The number of hydrogen-bond donors (Lipinski definition) is 1. The van der Waals surface area contributed by atoms with E-state index in [0.717, 1.165) is 43.6 Å². The molecule has 0 aliphatic carbocycles. The number of rotatable bonds is 5. The van der Waals surface area contributed by atoms with Crippen molar-refractivity contribution in [1.82, 2.24) is 4.90 Å². The summed E-state index contributed by atoms with van der Waals surface area (Å²) in [7, 11) is 0. The smallest absolute Gasteiger partial charge is 0.248 e. The average Bonchev–Trinajstić information content (AvgIpc) is 2.72. The van der Waals surface area contributed by atoms with Gasteiger partial charge in [-0.2, -0.15) is 0 Å². The number of fused-ring (bicyclic) bond motifs is 1. The van der Waals surface area contributed by atoms with Gasteiger partial charge in [0.1, 0.15) is 0 Å². The van der Waals surface area contributed by atoms with Crippen LogP contribution in [-0.4, -0.2) is 23.9 Å². The van der Waals surface area contributed by atoms with Crippen LogP contribution in [0.25, 0.3) is 11.1 Å². The van der Waals surface area contributed by atoms with Crippen LogP contribution >= 0.6 is 0 Å². The SMILES string of the molecule is NC(=O)c1cccc(-c2ccc3c(c2)CCN(CCc2ccccc2)C3)c1. The lowest BCUT2D eigenvalue weighted by Crippen LogP contribution is -2.32. The van der Waals surface area contributed by atoms with Crippen molar-refractivity contribution >= 4 is 5.91 Å². The van der Waals surface area contributed by atoms with Crippen LogP contribution in [0, 0.1) is 0 Å². The van der Waals surface area contributed by atoms with Crippen molar-refractivity contribution in [2.75, 3.05) is 13.1 Å². The van der Waals surface area contributed by atoms with Gasteiger partial charge in [-0.05, 0) is 52.8 Å². The number of benzene rings is 3. The molecule has 4 rings (SSSR count). The second-order valence-corrected chi connectivity index (χ2v) is 7.19. The lowest BCUT2D eigenvalue weighted by molar-refractivity contribution is 0.100. The summed E-state index contributed by atoms with van der Waals surface area (Å²) in [6.07, 6.45) is 2.15. The Morgan fingerprint density at radius 2 is 1.70 bits per heavy atom. The highest BCUT2D eigenvalue weighted by molar-refractivity contribution is 5.94. The Bertz CT molecular complexity index is 950. The maximum absolute atomic E-state index is 11.4. The van der Waals surface area contributed by atoms with E-state index in [4.69, 9.17) is 5.73 Å². The van der Waals surface area contributed by atoms with Crippen molar-refractivity contribution in [3.05, 3.63) is 95.1 Å². The zero-order chi connectivity index (χ0) is 18.6. The number of amides is 1. The fourth-order valence-corrected chi connectivity index (χ4v) is 3.77. The van der Waals surface area contributed by atoms with Crippen LogP contribution in [0.5, 0.6) is 0 Å². The summed E-state index contributed by atoms with van der Waals surface area (Å²) in [6.45, 7) is 3.18. The van der Waals surface area contributed by atoms with E-state index in [9.17, 15) is 4.79 Å². The van der Waals surface area contributed by atoms with Gasteiger partial charge in [-0.15, -0.1) is 0 Å². The van der Waals surface area contributed by atoms with Crippen molar-refractivity contribution in [1.29, 1.82) is 0 Å². The van der Waals surface area contributed by atoms with E-state index in [1.54, 1.807) is 6.07 Å². The fourth-order valence-electron chi connectivity index (χ4n) is 3.77. The monoisotopic (exact) mass is 356 g/mol. The average molecular weight is 356 g/mol. The number of carbonyl (C=O) groups excluding carboxylic acids is 1. The van der Waals surface area contributed by atoms with Gasteiger partial charge < -0.3 is 5.73 Å². The topological polar surface area (TPSA) is 46.3 Å². The van der Waals surface area contributed by atoms with E-state index in [2.05, 4.69) is 53.4 Å². The second-order valence-electron chi connectivity index (χ2n) is 7.19.